The van der Waals surface area contributed by atoms with Crippen LogP contribution in [0.25, 0.3) is 0 Å². The van der Waals surface area contributed by atoms with Gasteiger partial charge in [-0.1, -0.05) is 12.1 Å². The maximum absolute atomic E-state index is 12.7. The fourth-order valence-electron chi connectivity index (χ4n) is 3.47. The number of hydrogen-bond donors (Lipinski definition) is 6. The Bertz CT molecular complexity index is 1150. The minimum Gasteiger partial charge on any atom is -0.481 e. The van der Waals surface area contributed by atoms with Crippen LogP contribution in [0, 0.1) is 0 Å². The minimum absolute atomic E-state index is 0.103. The van der Waals surface area contributed by atoms with E-state index < -0.39 is 60.1 Å². The molecule has 3 atom stereocenters. The molecular formula is C21H22N4O11S. The van der Waals surface area contributed by atoms with Gasteiger partial charge in [-0.05, 0) is 17.7 Å². The highest BCUT2D eigenvalue weighted by Crippen LogP contribution is 2.40. The molecule has 1 fully saturated rings. The molecule has 1 aromatic rings. The smallest absolute Gasteiger partial charge is 0.411 e. The van der Waals surface area contributed by atoms with Crippen molar-refractivity contribution in [3.8, 4) is 0 Å². The van der Waals surface area contributed by atoms with E-state index in [1.165, 1.54) is 24.3 Å². The van der Waals surface area contributed by atoms with Crippen LogP contribution < -0.4 is 16.4 Å². The number of rotatable bonds is 10. The number of aliphatic hydroxyl groups is 1. The van der Waals surface area contributed by atoms with Crippen molar-refractivity contribution < 1.29 is 53.6 Å². The van der Waals surface area contributed by atoms with E-state index in [9.17, 15) is 39.0 Å². The van der Waals surface area contributed by atoms with Crippen molar-refractivity contribution in [3.05, 3.63) is 41.1 Å². The molecule has 0 spiro atoms. The average molecular weight is 538 g/mol. The molecule has 15 nitrogen and oxygen atoms in total. The molecule has 2 heterocycles. The number of nitrogens with two attached hydrogens (primary N) is 1. The Balaban J connectivity index is 1.58. The van der Waals surface area contributed by atoms with Crippen LogP contribution in [0.5, 0.6) is 0 Å². The van der Waals surface area contributed by atoms with Crippen LogP contribution in [-0.4, -0.2) is 86.5 Å². The minimum atomic E-state index is -1.68. The predicted octanol–water partition coefficient (Wildman–Crippen LogP) is -0.423. The second-order valence-electron chi connectivity index (χ2n) is 7.69. The van der Waals surface area contributed by atoms with E-state index in [-0.39, 0.29) is 41.3 Å². The molecule has 0 saturated carbocycles. The molecule has 1 saturated heterocycles. The molecule has 37 heavy (non-hydrogen) atoms. The molecule has 3 rings (SSSR count). The summed E-state index contributed by atoms with van der Waals surface area (Å²) in [5, 5.41) is 32.5. The number of primary amides is 1. The van der Waals surface area contributed by atoms with E-state index in [4.69, 9.17) is 15.6 Å². The number of anilines is 1. The van der Waals surface area contributed by atoms with Gasteiger partial charge in [0, 0.05) is 17.0 Å². The number of fused-ring (bicyclic) bond motifs is 1. The van der Waals surface area contributed by atoms with Crippen LogP contribution in [-0.2, 0) is 28.7 Å². The van der Waals surface area contributed by atoms with Gasteiger partial charge in [0.1, 0.15) is 30.3 Å². The number of nitrogens with one attached hydrogen (secondary N) is 2. The SMILES string of the molecule is NC(=O)OCC1=C(C(=O)O)N2C(=O)[C@@H](NC(=O)[C@H](O)c3ccc(NC(=O)OCCC(=O)O)cc3)[C@H]2SC1. The highest BCUT2D eigenvalue weighted by atomic mass is 32.2. The maximum atomic E-state index is 12.7. The summed E-state index contributed by atoms with van der Waals surface area (Å²) in [6.45, 7) is -0.720. The second-order valence-corrected chi connectivity index (χ2v) is 8.80. The first-order valence-corrected chi connectivity index (χ1v) is 11.6. The molecule has 0 radical (unpaired) electrons. The van der Waals surface area contributed by atoms with Gasteiger partial charge in [0.2, 0.25) is 0 Å². The average Bonchev–Trinajstić information content (AvgIpc) is 2.84. The number of aliphatic carboxylic acids is 2. The first-order valence-electron chi connectivity index (χ1n) is 10.6. The lowest BCUT2D eigenvalue weighted by Gasteiger charge is -2.49. The molecule has 4 amide bonds. The van der Waals surface area contributed by atoms with Crippen LogP contribution in [0.4, 0.5) is 15.3 Å². The summed E-state index contributed by atoms with van der Waals surface area (Å²) in [6, 6.07) is 4.34. The predicted molar refractivity (Wildman–Crippen MR) is 124 cm³/mol. The number of carboxylic acids is 2. The zero-order valence-corrected chi connectivity index (χ0v) is 19.7. The first kappa shape index (κ1) is 27.3. The van der Waals surface area contributed by atoms with Gasteiger partial charge >= 0.3 is 24.1 Å². The van der Waals surface area contributed by atoms with Crippen LogP contribution >= 0.6 is 11.8 Å². The van der Waals surface area contributed by atoms with Crippen molar-refractivity contribution in [1.29, 1.82) is 0 Å². The maximum Gasteiger partial charge on any atom is 0.411 e. The quantitative estimate of drug-likeness (QED) is 0.208. The fourth-order valence-corrected chi connectivity index (χ4v) is 4.80. The standard InChI is InChI=1S/C21H22N4O11S/c22-20(33)36-7-10-8-37-18-13(17(30)25(18)14(10)19(31)32)24-16(29)15(28)9-1-3-11(4-2-9)23-21(34)35-6-5-12(26)27/h1-4,13,15,18,28H,5-8H2,(H2,22,33)(H,23,34)(H,24,29)(H,26,27)(H,31,32)/t13-,15-,18-/m1/s1. The van der Waals surface area contributed by atoms with Gasteiger partial charge in [0.05, 0.1) is 6.42 Å². The van der Waals surface area contributed by atoms with Crippen molar-refractivity contribution >= 4 is 53.4 Å². The number of ether oxygens (including phenoxy) is 2. The van der Waals surface area contributed by atoms with Crippen molar-refractivity contribution in [3.63, 3.8) is 0 Å². The summed E-state index contributed by atoms with van der Waals surface area (Å²) in [7, 11) is 0. The van der Waals surface area contributed by atoms with Crippen LogP contribution in [0.1, 0.15) is 18.1 Å². The lowest BCUT2D eigenvalue weighted by molar-refractivity contribution is -0.151. The van der Waals surface area contributed by atoms with Crippen LogP contribution in [0.2, 0.25) is 0 Å². The molecular weight excluding hydrogens is 516 g/mol. The molecule has 2 aliphatic heterocycles. The largest absolute Gasteiger partial charge is 0.481 e. The normalized spacial score (nSPS) is 19.2. The topological polar surface area (TPSA) is 235 Å². The number of thioether (sulfide) groups is 1. The zero-order chi connectivity index (χ0) is 27.3. The van der Waals surface area contributed by atoms with Gasteiger partial charge < -0.3 is 35.8 Å². The molecule has 2 aliphatic rings. The second kappa shape index (κ2) is 11.6. The Hall–Kier alpha value is -4.31. The summed E-state index contributed by atoms with van der Waals surface area (Å²) >= 11 is 1.14. The summed E-state index contributed by atoms with van der Waals surface area (Å²) in [5.74, 6) is -4.05. The lowest BCUT2D eigenvalue weighted by Crippen LogP contribution is -2.71. The fraction of sp³-hybridized carbons (Fsp3) is 0.333. The van der Waals surface area contributed by atoms with E-state index in [1.54, 1.807) is 0 Å². The zero-order valence-electron chi connectivity index (χ0n) is 18.9. The molecule has 1 aromatic carbocycles. The number of aliphatic hydroxyl groups excluding tert-OH is 1. The number of carboxylic acid groups (broad SMARTS) is 2. The lowest BCUT2D eigenvalue weighted by atomic mass is 10.0. The van der Waals surface area contributed by atoms with Gasteiger partial charge in [-0.25, -0.2) is 14.4 Å². The Labute approximate surface area is 212 Å². The van der Waals surface area contributed by atoms with E-state index in [0.717, 1.165) is 16.7 Å². The van der Waals surface area contributed by atoms with Gasteiger partial charge in [-0.2, -0.15) is 0 Å². The van der Waals surface area contributed by atoms with E-state index >= 15 is 0 Å². The molecule has 0 bridgehead atoms. The molecule has 0 aliphatic carbocycles. The number of benzene rings is 1. The van der Waals surface area contributed by atoms with E-state index in [1.807, 2.05) is 0 Å². The summed E-state index contributed by atoms with van der Waals surface area (Å²) < 4.78 is 9.34. The van der Waals surface area contributed by atoms with Gasteiger partial charge in [-0.3, -0.25) is 24.6 Å². The molecule has 7 N–H and O–H groups in total. The Kier molecular flexibility index (Phi) is 8.56. The number of hydrogen-bond acceptors (Lipinski definition) is 10. The summed E-state index contributed by atoms with van der Waals surface area (Å²) in [4.78, 5) is 70.9. The van der Waals surface area contributed by atoms with Crippen molar-refractivity contribution in [1.82, 2.24) is 10.2 Å². The van der Waals surface area contributed by atoms with Gasteiger partial charge in [0.25, 0.3) is 11.8 Å². The third-order valence-corrected chi connectivity index (χ3v) is 6.55. The van der Waals surface area contributed by atoms with Crippen molar-refractivity contribution in [2.75, 3.05) is 24.3 Å². The van der Waals surface area contributed by atoms with Crippen molar-refractivity contribution in [2.45, 2.75) is 23.9 Å². The Morgan fingerprint density at radius 1 is 1.14 bits per heavy atom. The Morgan fingerprint density at radius 2 is 1.81 bits per heavy atom. The van der Waals surface area contributed by atoms with Crippen molar-refractivity contribution in [2.24, 2.45) is 5.73 Å². The Morgan fingerprint density at radius 3 is 2.41 bits per heavy atom. The van der Waals surface area contributed by atoms with Gasteiger partial charge in [0.15, 0.2) is 6.10 Å². The molecule has 0 aromatic heterocycles. The highest BCUT2D eigenvalue weighted by Gasteiger charge is 2.54. The molecule has 198 valence electrons. The third kappa shape index (κ3) is 6.47. The molecule has 0 unspecified atom stereocenters. The first-order chi connectivity index (χ1) is 17.5. The summed E-state index contributed by atoms with van der Waals surface area (Å²) in [6.07, 6.45) is -4.02. The highest BCUT2D eigenvalue weighted by molar-refractivity contribution is 8.00. The van der Waals surface area contributed by atoms with E-state index in [2.05, 4.69) is 15.4 Å². The van der Waals surface area contributed by atoms with Gasteiger partial charge in [-0.15, -0.1) is 11.8 Å². The number of nitrogens with zero attached hydrogens (tertiary/aromatic N) is 1. The number of amides is 4. The summed E-state index contributed by atoms with van der Waals surface area (Å²) in [5.41, 5.74) is 5.12. The van der Waals surface area contributed by atoms with Crippen LogP contribution in [0.3, 0.4) is 0 Å². The third-order valence-electron chi connectivity index (χ3n) is 5.21. The monoisotopic (exact) mass is 538 g/mol. The molecule has 16 heteroatoms. The van der Waals surface area contributed by atoms with Crippen LogP contribution in [0.15, 0.2) is 35.5 Å². The number of β-lactam (4-membered cyclic amide) rings is 1. The number of carbonyl (C=O) groups excluding carboxylic acids is 4. The van der Waals surface area contributed by atoms with E-state index in [0.29, 0.717) is 0 Å². The number of carbonyl (C=O) groups is 6.